The van der Waals surface area contributed by atoms with Crippen molar-refractivity contribution in [1.82, 2.24) is 0 Å². The van der Waals surface area contributed by atoms with Crippen molar-refractivity contribution in [3.8, 4) is 0 Å². The lowest BCUT2D eigenvalue weighted by atomic mass is 10.0. The first-order valence-corrected chi connectivity index (χ1v) is 31.6. The van der Waals surface area contributed by atoms with Crippen LogP contribution in [-0.2, 0) is 28.6 Å². The van der Waals surface area contributed by atoms with Gasteiger partial charge in [0.15, 0.2) is 6.10 Å². The summed E-state index contributed by atoms with van der Waals surface area (Å²) in [7, 11) is 0. The number of carbonyl (C=O) groups excluding carboxylic acids is 3. The molecular formula is C66H120O6. The second-order valence-corrected chi connectivity index (χ2v) is 21.3. The van der Waals surface area contributed by atoms with Crippen LogP contribution < -0.4 is 0 Å². The van der Waals surface area contributed by atoms with Crippen LogP contribution in [-0.4, -0.2) is 37.2 Å². The third-order valence-corrected chi connectivity index (χ3v) is 14.1. The Bertz CT molecular complexity index is 1250. The van der Waals surface area contributed by atoms with E-state index < -0.39 is 6.10 Å². The lowest BCUT2D eigenvalue weighted by Gasteiger charge is -2.18. The third-order valence-electron chi connectivity index (χ3n) is 14.1. The maximum atomic E-state index is 12.8. The monoisotopic (exact) mass is 1010 g/mol. The maximum absolute atomic E-state index is 12.8. The van der Waals surface area contributed by atoms with Crippen LogP contribution in [0.5, 0.6) is 0 Å². The summed E-state index contributed by atoms with van der Waals surface area (Å²) >= 11 is 0. The van der Waals surface area contributed by atoms with Crippen molar-refractivity contribution in [3.63, 3.8) is 0 Å². The normalized spacial score (nSPS) is 12.3. The van der Waals surface area contributed by atoms with Crippen molar-refractivity contribution < 1.29 is 28.6 Å². The maximum Gasteiger partial charge on any atom is 0.306 e. The lowest BCUT2D eigenvalue weighted by molar-refractivity contribution is -0.167. The van der Waals surface area contributed by atoms with Gasteiger partial charge in [0.2, 0.25) is 0 Å². The summed E-state index contributed by atoms with van der Waals surface area (Å²) in [6.07, 6.45) is 75.9. The molecule has 0 aromatic heterocycles. The van der Waals surface area contributed by atoms with Crippen molar-refractivity contribution in [2.45, 2.75) is 341 Å². The van der Waals surface area contributed by atoms with Gasteiger partial charge in [-0.15, -0.1) is 0 Å². The highest BCUT2D eigenvalue weighted by Gasteiger charge is 2.19. The van der Waals surface area contributed by atoms with Crippen molar-refractivity contribution in [3.05, 3.63) is 48.6 Å². The van der Waals surface area contributed by atoms with E-state index in [1.807, 2.05) is 0 Å². The van der Waals surface area contributed by atoms with Crippen molar-refractivity contribution in [2.75, 3.05) is 13.2 Å². The predicted octanol–water partition coefficient (Wildman–Crippen LogP) is 21.4. The summed E-state index contributed by atoms with van der Waals surface area (Å²) in [5.41, 5.74) is 0. The van der Waals surface area contributed by atoms with E-state index in [1.165, 1.54) is 212 Å². The van der Waals surface area contributed by atoms with Crippen LogP contribution >= 0.6 is 0 Å². The number of carbonyl (C=O) groups is 3. The zero-order valence-electron chi connectivity index (χ0n) is 48.2. The summed E-state index contributed by atoms with van der Waals surface area (Å²) in [5, 5.41) is 0. The fourth-order valence-electron chi connectivity index (χ4n) is 9.38. The Morgan fingerprint density at radius 3 is 0.847 bits per heavy atom. The predicted molar refractivity (Wildman–Crippen MR) is 312 cm³/mol. The average Bonchev–Trinajstić information content (AvgIpc) is 3.38. The first-order valence-electron chi connectivity index (χ1n) is 31.6. The summed E-state index contributed by atoms with van der Waals surface area (Å²) in [4.78, 5) is 38.0. The molecule has 1 atom stereocenters. The van der Waals surface area contributed by atoms with E-state index in [-0.39, 0.29) is 31.1 Å². The lowest BCUT2D eigenvalue weighted by Crippen LogP contribution is -2.30. The molecule has 0 amide bonds. The number of rotatable bonds is 58. The highest BCUT2D eigenvalue weighted by Crippen LogP contribution is 2.18. The van der Waals surface area contributed by atoms with Crippen LogP contribution in [0.4, 0.5) is 0 Å². The molecule has 0 aromatic rings. The zero-order chi connectivity index (χ0) is 52.2. The number of hydrogen-bond donors (Lipinski definition) is 0. The molecule has 0 bridgehead atoms. The Morgan fingerprint density at radius 2 is 0.542 bits per heavy atom. The third kappa shape index (κ3) is 58.3. The Kier molecular flexibility index (Phi) is 58.7. The van der Waals surface area contributed by atoms with Crippen LogP contribution in [0.15, 0.2) is 48.6 Å². The molecule has 0 saturated heterocycles. The van der Waals surface area contributed by atoms with E-state index in [9.17, 15) is 14.4 Å². The topological polar surface area (TPSA) is 78.9 Å². The Hall–Kier alpha value is -2.63. The molecule has 72 heavy (non-hydrogen) atoms. The molecule has 0 aromatic carbocycles. The van der Waals surface area contributed by atoms with Gasteiger partial charge < -0.3 is 14.2 Å². The quantitative estimate of drug-likeness (QED) is 0.0261. The molecule has 6 heteroatoms. The second-order valence-electron chi connectivity index (χ2n) is 21.3. The van der Waals surface area contributed by atoms with Crippen LogP contribution in [0.25, 0.3) is 0 Å². The first-order chi connectivity index (χ1) is 35.5. The van der Waals surface area contributed by atoms with Crippen molar-refractivity contribution >= 4 is 17.9 Å². The minimum atomic E-state index is -0.766. The molecule has 0 spiro atoms. The van der Waals surface area contributed by atoms with Gasteiger partial charge in [-0.25, -0.2) is 0 Å². The summed E-state index contributed by atoms with van der Waals surface area (Å²) in [6, 6.07) is 0. The molecule has 0 fully saturated rings. The Morgan fingerprint density at radius 1 is 0.292 bits per heavy atom. The molecule has 0 radical (unpaired) electrons. The minimum absolute atomic E-state index is 0.0676. The molecule has 0 aliphatic rings. The molecule has 0 saturated carbocycles. The molecule has 0 aliphatic carbocycles. The van der Waals surface area contributed by atoms with E-state index >= 15 is 0 Å². The van der Waals surface area contributed by atoms with Gasteiger partial charge in [-0.1, -0.05) is 307 Å². The molecule has 0 aliphatic heterocycles. The standard InChI is InChI=1S/C66H120O6/c1-4-7-10-13-16-18-20-22-24-26-28-29-30-31-32-33-34-35-36-37-39-40-42-44-46-48-50-53-56-59-65(68)71-62-63(61-70-64(67)58-55-52-15-12-9-6-3)72-66(69)60-57-54-51-49-47-45-43-41-38-27-25-23-21-19-17-14-11-8-5-2/h7,10,16,18,22,24,28-29,63H,4-6,8-9,11-15,17,19-21,23,25-27,30-62H2,1-3H3/b10-7-,18-16-,24-22-,29-28-. The van der Waals surface area contributed by atoms with Crippen LogP contribution in [0.2, 0.25) is 0 Å². The summed E-state index contributed by atoms with van der Waals surface area (Å²) < 4.78 is 16.8. The number of hydrogen-bond acceptors (Lipinski definition) is 6. The van der Waals surface area contributed by atoms with Crippen LogP contribution in [0, 0.1) is 0 Å². The van der Waals surface area contributed by atoms with Gasteiger partial charge in [0, 0.05) is 19.3 Å². The Balaban J connectivity index is 4.01. The van der Waals surface area contributed by atoms with Gasteiger partial charge in [0.25, 0.3) is 0 Å². The fraction of sp³-hybridized carbons (Fsp3) is 0.833. The molecular weight excluding hydrogens is 889 g/mol. The first kappa shape index (κ1) is 69.4. The number of esters is 3. The Labute approximate surface area is 448 Å². The summed E-state index contributed by atoms with van der Waals surface area (Å²) in [5.74, 6) is -0.857. The van der Waals surface area contributed by atoms with Gasteiger partial charge in [-0.3, -0.25) is 14.4 Å². The second kappa shape index (κ2) is 60.9. The minimum Gasteiger partial charge on any atom is -0.462 e. The van der Waals surface area contributed by atoms with E-state index in [2.05, 4.69) is 69.4 Å². The number of unbranched alkanes of at least 4 members (excludes halogenated alkanes) is 39. The van der Waals surface area contributed by atoms with Gasteiger partial charge in [-0.05, 0) is 57.8 Å². The SMILES string of the molecule is CC/C=C\C/C=C\C/C=C\C/C=C\CCCCCCCCCCCCCCCCCCC(=O)OCC(COC(=O)CCCCCCCC)OC(=O)CCCCCCCCCCCCCCCCCCCCC. The summed E-state index contributed by atoms with van der Waals surface area (Å²) in [6.45, 7) is 6.52. The van der Waals surface area contributed by atoms with Crippen molar-refractivity contribution in [1.29, 1.82) is 0 Å². The number of allylic oxidation sites excluding steroid dienone is 8. The van der Waals surface area contributed by atoms with Crippen LogP contribution in [0.1, 0.15) is 335 Å². The van der Waals surface area contributed by atoms with E-state index in [1.54, 1.807) is 0 Å². The molecule has 420 valence electrons. The van der Waals surface area contributed by atoms with Gasteiger partial charge in [-0.2, -0.15) is 0 Å². The largest absolute Gasteiger partial charge is 0.462 e. The molecule has 0 N–H and O–H groups in total. The van der Waals surface area contributed by atoms with Crippen LogP contribution in [0.3, 0.4) is 0 Å². The highest BCUT2D eigenvalue weighted by molar-refractivity contribution is 5.71. The number of ether oxygens (including phenoxy) is 3. The molecule has 0 heterocycles. The van der Waals surface area contributed by atoms with Gasteiger partial charge >= 0.3 is 17.9 Å². The zero-order valence-corrected chi connectivity index (χ0v) is 48.2. The van der Waals surface area contributed by atoms with E-state index in [4.69, 9.17) is 14.2 Å². The fourth-order valence-corrected chi connectivity index (χ4v) is 9.38. The molecule has 6 nitrogen and oxygen atoms in total. The smallest absolute Gasteiger partial charge is 0.306 e. The van der Waals surface area contributed by atoms with E-state index in [0.717, 1.165) is 83.5 Å². The van der Waals surface area contributed by atoms with Gasteiger partial charge in [0.05, 0.1) is 0 Å². The van der Waals surface area contributed by atoms with Crippen molar-refractivity contribution in [2.24, 2.45) is 0 Å². The molecule has 1 unspecified atom stereocenters. The average molecular weight is 1010 g/mol. The molecule has 0 rings (SSSR count). The van der Waals surface area contributed by atoms with E-state index in [0.29, 0.717) is 19.3 Å². The van der Waals surface area contributed by atoms with Gasteiger partial charge in [0.1, 0.15) is 13.2 Å². The highest BCUT2D eigenvalue weighted by atomic mass is 16.6.